The number of carbonyl (C=O) groups is 3. The average Bonchev–Trinajstić information content (AvgIpc) is 3.63. The molecular formula is C37H50N2O10. The molecule has 8 rings (SSSR count). The number of rotatable bonds is 9. The highest BCUT2D eigenvalue weighted by Crippen LogP contribution is 2.80. The smallest absolute Gasteiger partial charge is 0.340 e. The van der Waals surface area contributed by atoms with Crippen LogP contribution in [0.15, 0.2) is 24.3 Å². The summed E-state index contributed by atoms with van der Waals surface area (Å²) in [7, 11) is 6.70. The van der Waals surface area contributed by atoms with Crippen LogP contribution in [0.1, 0.15) is 56.3 Å². The number of nitrogens with zero attached hydrogens (tertiary/aromatic N) is 2. The fourth-order valence-corrected chi connectivity index (χ4v) is 13.2. The maximum atomic E-state index is 14.1. The third kappa shape index (κ3) is 3.86. The first-order valence-electron chi connectivity index (χ1n) is 17.9. The summed E-state index contributed by atoms with van der Waals surface area (Å²) in [6, 6.07) is 6.12. The first kappa shape index (κ1) is 33.7. The van der Waals surface area contributed by atoms with Crippen LogP contribution in [0.3, 0.4) is 0 Å². The monoisotopic (exact) mass is 682 g/mol. The minimum atomic E-state index is -1.70. The van der Waals surface area contributed by atoms with Gasteiger partial charge in [-0.05, 0) is 43.9 Å². The Bertz CT molecular complexity index is 1560. The van der Waals surface area contributed by atoms with Crippen LogP contribution in [0.5, 0.6) is 0 Å². The molecule has 268 valence electrons. The molecule has 2 saturated heterocycles. The zero-order valence-electron chi connectivity index (χ0n) is 29.3. The molecule has 7 bridgehead atoms. The molecule has 7 aliphatic rings. The Morgan fingerprint density at radius 3 is 2.43 bits per heavy atom. The Balaban J connectivity index is 1.23. The van der Waals surface area contributed by atoms with Crippen LogP contribution < -0.4 is 4.90 Å². The number of esters is 1. The second-order valence-electron chi connectivity index (χ2n) is 16.0. The summed E-state index contributed by atoms with van der Waals surface area (Å²) < 4.78 is 31.4. The van der Waals surface area contributed by atoms with Crippen molar-refractivity contribution < 1.29 is 48.3 Å². The number of likely N-dealkylation sites (N-methyl/N-ethyl adjacent to an activating group) is 1. The van der Waals surface area contributed by atoms with Crippen LogP contribution >= 0.6 is 0 Å². The maximum Gasteiger partial charge on any atom is 0.340 e. The Morgan fingerprint density at radius 2 is 1.80 bits per heavy atom. The summed E-state index contributed by atoms with van der Waals surface area (Å²) in [6.45, 7) is 4.95. The number of likely N-dealkylation sites (tertiary alicyclic amines) is 1. The molecule has 0 radical (unpaired) electrons. The predicted molar refractivity (Wildman–Crippen MR) is 174 cm³/mol. The van der Waals surface area contributed by atoms with Gasteiger partial charge in [-0.2, -0.15) is 0 Å². The van der Waals surface area contributed by atoms with E-state index < -0.39 is 46.1 Å². The van der Waals surface area contributed by atoms with Crippen molar-refractivity contribution >= 4 is 23.5 Å². The molecule has 2 N–H and O–H groups in total. The number of fused-ring (bicyclic) bond motifs is 2. The van der Waals surface area contributed by atoms with Gasteiger partial charge in [-0.15, -0.1) is 0 Å². The second-order valence-corrected chi connectivity index (χ2v) is 16.0. The second kappa shape index (κ2) is 11.3. The number of benzene rings is 1. The summed E-state index contributed by atoms with van der Waals surface area (Å²) >= 11 is 0. The van der Waals surface area contributed by atoms with Crippen LogP contribution in [0, 0.1) is 40.4 Å². The Labute approximate surface area is 287 Å². The van der Waals surface area contributed by atoms with E-state index in [2.05, 4.69) is 11.8 Å². The fraction of sp³-hybridized carbons (Fsp3) is 0.757. The minimum Gasteiger partial charge on any atom is -0.461 e. The van der Waals surface area contributed by atoms with Gasteiger partial charge in [0.15, 0.2) is 0 Å². The largest absolute Gasteiger partial charge is 0.461 e. The molecule has 2 amide bonds. The van der Waals surface area contributed by atoms with Gasteiger partial charge in [0, 0.05) is 82.3 Å². The van der Waals surface area contributed by atoms with Crippen molar-refractivity contribution in [3.8, 4) is 0 Å². The lowest BCUT2D eigenvalue weighted by atomic mass is 9.42. The number of para-hydroxylation sites is 1. The standard InChI is InChI=1S/C37H50N2O10/c1-7-38-17-34(18-49-32(42)20-10-8-9-11-23(20)39-26(40)14-19(2)31(39)41)13-12-25(46-4)36-22-15-21-24(45-3)16-35(43,27(22)28(21)47-5)37(44,33(36)38)30(48-6)29(34)36/h8-11,19,21-22,24-25,27-30,33,43-44H,7,12-18H2,1-6H3/t19?,21-,22?,24+,25+,27?,28?,29?,30?,33+,34?,35-,36+,37+/m1/s1. The molecule has 12 nitrogen and oxygen atoms in total. The van der Waals surface area contributed by atoms with Crippen molar-refractivity contribution in [2.45, 2.75) is 87.6 Å². The molecule has 7 fully saturated rings. The van der Waals surface area contributed by atoms with Gasteiger partial charge in [-0.25, -0.2) is 9.69 Å². The van der Waals surface area contributed by atoms with E-state index in [1.165, 1.54) is 0 Å². The molecule has 1 aromatic carbocycles. The van der Waals surface area contributed by atoms with Gasteiger partial charge in [0.1, 0.15) is 11.2 Å². The van der Waals surface area contributed by atoms with E-state index in [0.29, 0.717) is 25.9 Å². The zero-order valence-corrected chi connectivity index (χ0v) is 29.3. The van der Waals surface area contributed by atoms with Crippen LogP contribution in [-0.4, -0.2) is 123 Å². The summed E-state index contributed by atoms with van der Waals surface area (Å²) in [5, 5.41) is 26.6. The van der Waals surface area contributed by atoms with E-state index in [9.17, 15) is 24.6 Å². The van der Waals surface area contributed by atoms with Crippen LogP contribution in [0.25, 0.3) is 0 Å². The number of anilines is 1. The normalized spacial score (nSPS) is 48.0. The highest BCUT2D eigenvalue weighted by atomic mass is 16.5. The highest BCUT2D eigenvalue weighted by molar-refractivity contribution is 6.22. The zero-order chi connectivity index (χ0) is 34.8. The number of methoxy groups -OCH3 is 4. The van der Waals surface area contributed by atoms with E-state index >= 15 is 0 Å². The Hall–Kier alpha value is -2.45. The lowest BCUT2D eigenvalue weighted by Gasteiger charge is -2.70. The van der Waals surface area contributed by atoms with Gasteiger partial charge in [-0.3, -0.25) is 14.5 Å². The number of amides is 2. The highest BCUT2D eigenvalue weighted by Gasteiger charge is 2.91. The third-order valence-electron chi connectivity index (χ3n) is 14.5. The molecule has 2 heterocycles. The summed E-state index contributed by atoms with van der Waals surface area (Å²) in [4.78, 5) is 43.3. The minimum absolute atomic E-state index is 0.0358. The maximum absolute atomic E-state index is 14.1. The third-order valence-corrected chi connectivity index (χ3v) is 14.5. The topological polar surface area (TPSA) is 144 Å². The summed E-state index contributed by atoms with van der Waals surface area (Å²) in [6.07, 6.45) is 0.813. The van der Waals surface area contributed by atoms with E-state index in [1.54, 1.807) is 59.6 Å². The Morgan fingerprint density at radius 1 is 1.04 bits per heavy atom. The van der Waals surface area contributed by atoms with Gasteiger partial charge in [0.2, 0.25) is 11.8 Å². The first-order valence-corrected chi connectivity index (χ1v) is 17.9. The van der Waals surface area contributed by atoms with E-state index in [1.807, 2.05) is 0 Å². The lowest BCUT2D eigenvalue weighted by Crippen LogP contribution is -2.82. The van der Waals surface area contributed by atoms with Crippen LogP contribution in [0.4, 0.5) is 5.69 Å². The molecule has 0 aromatic heterocycles. The summed E-state index contributed by atoms with van der Waals surface area (Å²) in [5.74, 6) is -2.47. The van der Waals surface area contributed by atoms with Crippen LogP contribution in [0.2, 0.25) is 0 Å². The molecule has 12 heteroatoms. The van der Waals surface area contributed by atoms with Gasteiger partial charge < -0.3 is 33.9 Å². The van der Waals surface area contributed by atoms with Crippen molar-refractivity contribution in [1.29, 1.82) is 0 Å². The van der Waals surface area contributed by atoms with Gasteiger partial charge in [0.05, 0.1) is 48.3 Å². The number of aliphatic hydroxyl groups is 2. The molecule has 5 saturated carbocycles. The molecule has 5 aliphatic carbocycles. The molecule has 2 aliphatic heterocycles. The Kier molecular flexibility index (Phi) is 7.75. The molecule has 7 unspecified atom stereocenters. The number of carbonyl (C=O) groups excluding carboxylic acids is 3. The average molecular weight is 683 g/mol. The molecule has 14 atom stereocenters. The number of piperidine rings is 1. The van der Waals surface area contributed by atoms with Crippen molar-refractivity contribution in [3.63, 3.8) is 0 Å². The molecule has 1 aromatic rings. The van der Waals surface area contributed by atoms with Crippen LogP contribution in [-0.2, 0) is 33.3 Å². The van der Waals surface area contributed by atoms with Gasteiger partial charge >= 0.3 is 5.97 Å². The van der Waals surface area contributed by atoms with Crippen molar-refractivity contribution in [3.05, 3.63) is 29.8 Å². The van der Waals surface area contributed by atoms with E-state index in [4.69, 9.17) is 23.7 Å². The lowest BCUT2D eigenvalue weighted by molar-refractivity contribution is -0.320. The number of imide groups is 1. The van der Waals surface area contributed by atoms with Gasteiger partial charge in [-0.1, -0.05) is 26.0 Å². The van der Waals surface area contributed by atoms with E-state index in [0.717, 1.165) is 11.3 Å². The van der Waals surface area contributed by atoms with Crippen molar-refractivity contribution in [2.24, 2.45) is 40.4 Å². The number of hydrogen-bond acceptors (Lipinski definition) is 11. The number of hydrogen-bond donors (Lipinski definition) is 2. The molecule has 49 heavy (non-hydrogen) atoms. The quantitative estimate of drug-likeness (QED) is 0.292. The SMILES string of the molecule is CCN1CC2(COC(=O)c3ccccc3N3C(=O)CC(C)C3=O)CC[C@H](OC)[C@@]34C5C[C@H]6C(OC)C5[C@](O)(C[C@@H]6OC)[C@](O)(C(OC)C23)[C@@H]14. The van der Waals surface area contributed by atoms with Crippen molar-refractivity contribution in [2.75, 3.05) is 53.0 Å². The first-order chi connectivity index (χ1) is 23.4. The molecule has 1 spiro atoms. The summed E-state index contributed by atoms with van der Waals surface area (Å²) in [5.41, 5.74) is -4.17. The predicted octanol–water partition coefficient (Wildman–Crippen LogP) is 2.04. The fourth-order valence-electron chi connectivity index (χ4n) is 13.2. The number of ether oxygens (including phenoxy) is 5. The van der Waals surface area contributed by atoms with Crippen molar-refractivity contribution in [1.82, 2.24) is 4.90 Å². The molecular weight excluding hydrogens is 632 g/mol. The van der Waals surface area contributed by atoms with Gasteiger partial charge in [0.25, 0.3) is 0 Å². The van der Waals surface area contributed by atoms with E-state index in [-0.39, 0.29) is 84.5 Å².